The summed E-state index contributed by atoms with van der Waals surface area (Å²) in [5, 5.41) is 11.9. The molecule has 1 amide bonds. The average Bonchev–Trinajstić information content (AvgIpc) is 2.44. The molecule has 0 radical (unpaired) electrons. The summed E-state index contributed by atoms with van der Waals surface area (Å²) in [5.41, 5.74) is 8.49. The summed E-state index contributed by atoms with van der Waals surface area (Å²) in [6.45, 7) is 1.83. The molecule has 0 heterocycles. The Hall–Kier alpha value is -2.51. The van der Waals surface area contributed by atoms with Gasteiger partial charge in [-0.3, -0.25) is 4.79 Å². The van der Waals surface area contributed by atoms with Crippen LogP contribution in [0.2, 0.25) is 5.02 Å². The number of nitrogens with two attached hydrogens (primary N) is 1. The van der Waals surface area contributed by atoms with E-state index in [9.17, 15) is 4.79 Å². The van der Waals surface area contributed by atoms with E-state index in [0.29, 0.717) is 27.5 Å². The van der Waals surface area contributed by atoms with Gasteiger partial charge in [0.15, 0.2) is 0 Å². The van der Waals surface area contributed by atoms with Gasteiger partial charge in [0.1, 0.15) is 0 Å². The summed E-state index contributed by atoms with van der Waals surface area (Å²) >= 11 is 6.00. The molecule has 4 nitrogen and oxygen atoms in total. The van der Waals surface area contributed by atoms with Crippen molar-refractivity contribution in [1.82, 2.24) is 0 Å². The maximum atomic E-state index is 12.1. The van der Waals surface area contributed by atoms with Crippen molar-refractivity contribution < 1.29 is 4.79 Å². The number of benzene rings is 2. The Morgan fingerprint density at radius 2 is 2.05 bits per heavy atom. The van der Waals surface area contributed by atoms with E-state index in [-0.39, 0.29) is 5.91 Å². The summed E-state index contributed by atoms with van der Waals surface area (Å²) in [4.78, 5) is 12.1. The second kappa shape index (κ2) is 5.64. The van der Waals surface area contributed by atoms with E-state index < -0.39 is 0 Å². The monoisotopic (exact) mass is 285 g/mol. The Morgan fingerprint density at radius 3 is 2.70 bits per heavy atom. The topological polar surface area (TPSA) is 78.9 Å². The van der Waals surface area contributed by atoms with Crippen molar-refractivity contribution >= 4 is 28.9 Å². The SMILES string of the molecule is Cc1cc(C(=O)Nc2cc(C#N)ccc2Cl)ccc1N. The van der Waals surface area contributed by atoms with Gasteiger partial charge < -0.3 is 11.1 Å². The largest absolute Gasteiger partial charge is 0.399 e. The van der Waals surface area contributed by atoms with E-state index in [2.05, 4.69) is 5.32 Å². The molecule has 0 spiro atoms. The Balaban J connectivity index is 2.28. The van der Waals surface area contributed by atoms with Crippen LogP contribution >= 0.6 is 11.6 Å². The van der Waals surface area contributed by atoms with Crippen LogP contribution in [-0.4, -0.2) is 5.91 Å². The third-order valence-corrected chi connectivity index (χ3v) is 3.21. The lowest BCUT2D eigenvalue weighted by Crippen LogP contribution is -2.12. The number of amides is 1. The number of hydrogen-bond acceptors (Lipinski definition) is 3. The highest BCUT2D eigenvalue weighted by Crippen LogP contribution is 2.23. The van der Waals surface area contributed by atoms with Crippen LogP contribution in [0.5, 0.6) is 0 Å². The van der Waals surface area contributed by atoms with Gasteiger partial charge in [-0.05, 0) is 48.9 Å². The van der Waals surface area contributed by atoms with Crippen LogP contribution in [0.1, 0.15) is 21.5 Å². The molecule has 2 aromatic rings. The summed E-state index contributed by atoms with van der Waals surface area (Å²) in [6.07, 6.45) is 0. The predicted molar refractivity (Wildman–Crippen MR) is 79.7 cm³/mol. The van der Waals surface area contributed by atoms with E-state index in [1.807, 2.05) is 13.0 Å². The molecule has 0 bridgehead atoms. The summed E-state index contributed by atoms with van der Waals surface area (Å²) in [5.74, 6) is -0.301. The van der Waals surface area contributed by atoms with Crippen LogP contribution in [0.15, 0.2) is 36.4 Å². The molecule has 0 aliphatic heterocycles. The van der Waals surface area contributed by atoms with Gasteiger partial charge in [-0.2, -0.15) is 5.26 Å². The van der Waals surface area contributed by atoms with Crippen LogP contribution in [0.3, 0.4) is 0 Å². The van der Waals surface area contributed by atoms with Crippen molar-refractivity contribution in [2.24, 2.45) is 0 Å². The Morgan fingerprint density at radius 1 is 1.30 bits per heavy atom. The number of hydrogen-bond donors (Lipinski definition) is 2. The van der Waals surface area contributed by atoms with Crippen molar-refractivity contribution in [3.63, 3.8) is 0 Å². The smallest absolute Gasteiger partial charge is 0.255 e. The van der Waals surface area contributed by atoms with E-state index >= 15 is 0 Å². The second-order valence-electron chi connectivity index (χ2n) is 4.33. The van der Waals surface area contributed by atoms with Crippen LogP contribution in [0.25, 0.3) is 0 Å². The van der Waals surface area contributed by atoms with Crippen LogP contribution in [0.4, 0.5) is 11.4 Å². The number of carbonyl (C=O) groups excluding carboxylic acids is 1. The normalized spacial score (nSPS) is 9.85. The molecule has 5 heteroatoms. The molecule has 0 fully saturated rings. The average molecular weight is 286 g/mol. The molecule has 0 unspecified atom stereocenters. The molecule has 100 valence electrons. The zero-order valence-electron chi connectivity index (χ0n) is 10.8. The summed E-state index contributed by atoms with van der Waals surface area (Å²) in [7, 11) is 0. The fourth-order valence-electron chi connectivity index (χ4n) is 1.70. The Kier molecular flexibility index (Phi) is 3.92. The summed E-state index contributed by atoms with van der Waals surface area (Å²) in [6, 6.07) is 11.7. The molecule has 0 atom stereocenters. The van der Waals surface area contributed by atoms with E-state index in [0.717, 1.165) is 5.56 Å². The molecule has 0 saturated carbocycles. The van der Waals surface area contributed by atoms with Gasteiger partial charge in [-0.15, -0.1) is 0 Å². The highest BCUT2D eigenvalue weighted by atomic mass is 35.5. The zero-order valence-corrected chi connectivity index (χ0v) is 11.5. The van der Waals surface area contributed by atoms with E-state index in [1.54, 1.807) is 30.3 Å². The minimum absolute atomic E-state index is 0.301. The third-order valence-electron chi connectivity index (χ3n) is 2.88. The quantitative estimate of drug-likeness (QED) is 0.831. The van der Waals surface area contributed by atoms with Crippen LogP contribution < -0.4 is 11.1 Å². The van der Waals surface area contributed by atoms with Crippen molar-refractivity contribution in [2.75, 3.05) is 11.1 Å². The van der Waals surface area contributed by atoms with Gasteiger partial charge in [0.25, 0.3) is 5.91 Å². The lowest BCUT2D eigenvalue weighted by atomic mass is 10.1. The number of nitrogens with one attached hydrogen (secondary N) is 1. The van der Waals surface area contributed by atoms with Crippen molar-refractivity contribution in [2.45, 2.75) is 6.92 Å². The molecule has 0 saturated heterocycles. The Bertz CT molecular complexity index is 720. The van der Waals surface area contributed by atoms with Crippen molar-refractivity contribution in [3.8, 4) is 6.07 Å². The molecular weight excluding hydrogens is 274 g/mol. The first-order valence-corrected chi connectivity index (χ1v) is 6.26. The third kappa shape index (κ3) is 2.90. The fourth-order valence-corrected chi connectivity index (χ4v) is 1.87. The first-order chi connectivity index (χ1) is 9.51. The number of nitriles is 1. The summed E-state index contributed by atoms with van der Waals surface area (Å²) < 4.78 is 0. The van der Waals surface area contributed by atoms with E-state index in [4.69, 9.17) is 22.6 Å². The van der Waals surface area contributed by atoms with Crippen LogP contribution in [0, 0.1) is 18.3 Å². The number of nitrogen functional groups attached to an aromatic ring is 1. The Labute approximate surface area is 121 Å². The maximum absolute atomic E-state index is 12.1. The first kappa shape index (κ1) is 13.9. The van der Waals surface area contributed by atoms with Gasteiger partial charge >= 0.3 is 0 Å². The van der Waals surface area contributed by atoms with Gasteiger partial charge in [0.05, 0.1) is 22.3 Å². The molecule has 2 rings (SSSR count). The molecular formula is C15H12ClN3O. The lowest BCUT2D eigenvalue weighted by molar-refractivity contribution is 0.102. The standard InChI is InChI=1S/C15H12ClN3O/c1-9-6-11(3-5-13(9)18)15(20)19-14-7-10(8-17)2-4-12(14)16/h2-7H,18H2,1H3,(H,19,20). The van der Waals surface area contributed by atoms with Gasteiger partial charge in [0.2, 0.25) is 0 Å². The molecule has 3 N–H and O–H groups in total. The maximum Gasteiger partial charge on any atom is 0.255 e. The number of anilines is 2. The molecule has 0 aromatic heterocycles. The minimum Gasteiger partial charge on any atom is -0.399 e. The van der Waals surface area contributed by atoms with Crippen LogP contribution in [-0.2, 0) is 0 Å². The number of halogens is 1. The molecule has 2 aromatic carbocycles. The van der Waals surface area contributed by atoms with Gasteiger partial charge in [0, 0.05) is 11.3 Å². The van der Waals surface area contributed by atoms with E-state index in [1.165, 1.54) is 6.07 Å². The van der Waals surface area contributed by atoms with Gasteiger partial charge in [-0.1, -0.05) is 11.6 Å². The second-order valence-corrected chi connectivity index (χ2v) is 4.74. The predicted octanol–water partition coefficient (Wildman–Crippen LogP) is 3.35. The molecule has 0 aliphatic rings. The van der Waals surface area contributed by atoms with Crippen molar-refractivity contribution in [3.05, 3.63) is 58.1 Å². The first-order valence-electron chi connectivity index (χ1n) is 5.88. The number of aryl methyl sites for hydroxylation is 1. The minimum atomic E-state index is -0.301. The number of nitrogens with zero attached hydrogens (tertiary/aromatic N) is 1. The highest BCUT2D eigenvalue weighted by molar-refractivity contribution is 6.34. The number of rotatable bonds is 2. The van der Waals surface area contributed by atoms with Crippen molar-refractivity contribution in [1.29, 1.82) is 5.26 Å². The number of carbonyl (C=O) groups is 1. The zero-order chi connectivity index (χ0) is 14.7. The van der Waals surface area contributed by atoms with Gasteiger partial charge in [-0.25, -0.2) is 0 Å². The molecule has 20 heavy (non-hydrogen) atoms. The molecule has 0 aliphatic carbocycles. The highest BCUT2D eigenvalue weighted by Gasteiger charge is 2.10. The fraction of sp³-hybridized carbons (Fsp3) is 0.0667. The lowest BCUT2D eigenvalue weighted by Gasteiger charge is -2.09.